The molecule has 1 amide bonds. The van der Waals surface area contributed by atoms with Gasteiger partial charge in [0.25, 0.3) is 11.5 Å². The van der Waals surface area contributed by atoms with Crippen molar-refractivity contribution in [2.45, 2.75) is 6.92 Å². The standard InChI is InChI=1S/C22H17N5O3/c1-13-9-20(28)26-27(13)16-6-4-15(5-7-16)23-12-18-17-10-14(19-3-2-8-30-19)11-24-21(17)25-22(18)29/h2-12,23H,1H3,(H,26,28)(H,24,25,29). The first-order valence-electron chi connectivity index (χ1n) is 9.30. The number of aryl methyl sites for hydroxylation is 1. The van der Waals surface area contributed by atoms with Gasteiger partial charge >= 0.3 is 0 Å². The van der Waals surface area contributed by atoms with E-state index < -0.39 is 0 Å². The first-order chi connectivity index (χ1) is 14.6. The van der Waals surface area contributed by atoms with Crippen LogP contribution in [0, 0.1) is 6.92 Å². The molecule has 4 heterocycles. The van der Waals surface area contributed by atoms with Gasteiger partial charge in [0.2, 0.25) is 0 Å². The Morgan fingerprint density at radius 3 is 2.67 bits per heavy atom. The van der Waals surface area contributed by atoms with Crippen LogP contribution in [0.25, 0.3) is 22.6 Å². The van der Waals surface area contributed by atoms with Crippen LogP contribution < -0.4 is 16.2 Å². The summed E-state index contributed by atoms with van der Waals surface area (Å²) in [6.45, 7) is 1.86. The number of H-pyrrole nitrogens is 1. The number of pyridine rings is 1. The van der Waals surface area contributed by atoms with Gasteiger partial charge in [0.05, 0.1) is 17.5 Å². The number of hydrogen-bond donors (Lipinski definition) is 3. The van der Waals surface area contributed by atoms with Gasteiger partial charge in [0, 0.05) is 41.0 Å². The minimum atomic E-state index is -0.223. The molecule has 5 rings (SSSR count). The summed E-state index contributed by atoms with van der Waals surface area (Å²) < 4.78 is 7.14. The molecule has 3 aromatic heterocycles. The summed E-state index contributed by atoms with van der Waals surface area (Å²) in [5.74, 6) is 0.982. The number of fused-ring (bicyclic) bond motifs is 1. The number of rotatable bonds is 4. The van der Waals surface area contributed by atoms with Crippen LogP contribution in [0.3, 0.4) is 0 Å². The van der Waals surface area contributed by atoms with Crippen molar-refractivity contribution < 1.29 is 9.21 Å². The van der Waals surface area contributed by atoms with Crippen molar-refractivity contribution in [3.8, 4) is 17.0 Å². The lowest BCUT2D eigenvalue weighted by Crippen LogP contribution is -2.06. The van der Waals surface area contributed by atoms with Crippen LogP contribution in [0.2, 0.25) is 0 Å². The Morgan fingerprint density at radius 1 is 1.13 bits per heavy atom. The molecule has 0 spiro atoms. The van der Waals surface area contributed by atoms with Crippen molar-refractivity contribution in [3.05, 3.63) is 88.8 Å². The van der Waals surface area contributed by atoms with Gasteiger partial charge in [-0.3, -0.25) is 19.4 Å². The summed E-state index contributed by atoms with van der Waals surface area (Å²) in [6.07, 6.45) is 4.92. The molecule has 0 fully saturated rings. The highest BCUT2D eigenvalue weighted by Crippen LogP contribution is 2.33. The van der Waals surface area contributed by atoms with Gasteiger partial charge in [-0.1, -0.05) is 0 Å². The minimum absolute atomic E-state index is 0.145. The fourth-order valence-corrected chi connectivity index (χ4v) is 3.40. The molecule has 0 saturated heterocycles. The average molecular weight is 399 g/mol. The first kappa shape index (κ1) is 17.7. The fraction of sp³-hybridized carbons (Fsp3) is 0.0455. The molecule has 1 aliphatic heterocycles. The highest BCUT2D eigenvalue weighted by atomic mass is 16.3. The summed E-state index contributed by atoms with van der Waals surface area (Å²) in [6, 6.07) is 14.6. The molecule has 30 heavy (non-hydrogen) atoms. The molecule has 0 bridgehead atoms. The number of aromatic nitrogens is 3. The van der Waals surface area contributed by atoms with Crippen molar-refractivity contribution in [2.24, 2.45) is 0 Å². The number of nitrogens with one attached hydrogen (secondary N) is 3. The Bertz CT molecular complexity index is 1330. The number of nitrogens with zero attached hydrogens (tertiary/aromatic N) is 2. The number of amides is 1. The fourth-order valence-electron chi connectivity index (χ4n) is 3.40. The van der Waals surface area contributed by atoms with Crippen LogP contribution in [0.5, 0.6) is 0 Å². The third-order valence-electron chi connectivity index (χ3n) is 4.88. The SMILES string of the molecule is Cc1cc(=O)[nH]n1-c1ccc(NC=C2C(=O)Nc3ncc(-c4ccco4)cc32)cc1. The maximum atomic E-state index is 12.4. The second-order valence-electron chi connectivity index (χ2n) is 6.90. The molecule has 0 radical (unpaired) electrons. The molecule has 0 saturated carbocycles. The van der Waals surface area contributed by atoms with E-state index in [0.717, 1.165) is 22.6 Å². The number of aromatic amines is 1. The number of furan rings is 1. The molecule has 3 N–H and O–H groups in total. The Labute approximate surface area is 170 Å². The molecule has 0 unspecified atom stereocenters. The second-order valence-corrected chi connectivity index (χ2v) is 6.90. The molecule has 0 atom stereocenters. The van der Waals surface area contributed by atoms with E-state index in [4.69, 9.17) is 4.42 Å². The van der Waals surface area contributed by atoms with Crippen LogP contribution in [0.1, 0.15) is 11.3 Å². The Balaban J connectivity index is 1.41. The third kappa shape index (κ3) is 3.10. The van der Waals surface area contributed by atoms with E-state index in [2.05, 4.69) is 20.7 Å². The van der Waals surface area contributed by atoms with Crippen LogP contribution >= 0.6 is 0 Å². The van der Waals surface area contributed by atoms with Crippen molar-refractivity contribution in [1.82, 2.24) is 14.8 Å². The molecular weight excluding hydrogens is 382 g/mol. The maximum absolute atomic E-state index is 12.4. The number of anilines is 2. The van der Waals surface area contributed by atoms with Gasteiger partial charge < -0.3 is 15.1 Å². The van der Waals surface area contributed by atoms with Crippen LogP contribution in [-0.2, 0) is 4.79 Å². The molecular formula is C22H17N5O3. The van der Waals surface area contributed by atoms with Gasteiger partial charge in [0.15, 0.2) is 0 Å². The summed E-state index contributed by atoms with van der Waals surface area (Å²) in [7, 11) is 0. The van der Waals surface area contributed by atoms with Crippen LogP contribution in [0.4, 0.5) is 11.5 Å². The van der Waals surface area contributed by atoms with Gasteiger partial charge in [-0.05, 0) is 49.4 Å². The van der Waals surface area contributed by atoms with Gasteiger partial charge in [-0.2, -0.15) is 0 Å². The average Bonchev–Trinajstić information content (AvgIpc) is 3.45. The highest BCUT2D eigenvalue weighted by Gasteiger charge is 2.26. The van der Waals surface area contributed by atoms with E-state index in [1.54, 1.807) is 29.4 Å². The topological polar surface area (TPSA) is 105 Å². The predicted molar refractivity (Wildman–Crippen MR) is 113 cm³/mol. The van der Waals surface area contributed by atoms with E-state index in [-0.39, 0.29) is 11.5 Å². The molecule has 8 heteroatoms. The van der Waals surface area contributed by atoms with E-state index >= 15 is 0 Å². The van der Waals surface area contributed by atoms with Gasteiger partial charge in [0.1, 0.15) is 11.6 Å². The number of hydrogen-bond acceptors (Lipinski definition) is 5. The summed E-state index contributed by atoms with van der Waals surface area (Å²) in [5.41, 5.74) is 4.30. The lowest BCUT2D eigenvalue weighted by Gasteiger charge is -2.07. The molecule has 8 nitrogen and oxygen atoms in total. The summed E-state index contributed by atoms with van der Waals surface area (Å²) in [4.78, 5) is 28.2. The predicted octanol–water partition coefficient (Wildman–Crippen LogP) is 3.53. The second kappa shape index (κ2) is 6.93. The molecule has 1 aromatic carbocycles. The maximum Gasteiger partial charge on any atom is 0.264 e. The number of carbonyl (C=O) groups is 1. The highest BCUT2D eigenvalue weighted by molar-refractivity contribution is 6.31. The third-order valence-corrected chi connectivity index (χ3v) is 4.88. The van der Waals surface area contributed by atoms with E-state index in [9.17, 15) is 9.59 Å². The van der Waals surface area contributed by atoms with E-state index in [0.29, 0.717) is 22.7 Å². The van der Waals surface area contributed by atoms with E-state index in [1.165, 1.54) is 6.07 Å². The van der Waals surface area contributed by atoms with E-state index in [1.807, 2.05) is 43.3 Å². The zero-order chi connectivity index (χ0) is 20.7. The molecule has 1 aliphatic rings. The quantitative estimate of drug-likeness (QED) is 0.455. The van der Waals surface area contributed by atoms with Gasteiger partial charge in [-0.15, -0.1) is 0 Å². The van der Waals surface area contributed by atoms with Gasteiger partial charge in [-0.25, -0.2) is 4.98 Å². The normalized spacial score (nSPS) is 14.0. The zero-order valence-electron chi connectivity index (χ0n) is 16.0. The summed E-state index contributed by atoms with van der Waals surface area (Å²) in [5, 5.41) is 8.68. The van der Waals surface area contributed by atoms with Crippen LogP contribution in [0.15, 0.2) is 76.4 Å². The minimum Gasteiger partial charge on any atom is -0.464 e. The Hall–Kier alpha value is -4.33. The molecule has 148 valence electrons. The largest absolute Gasteiger partial charge is 0.464 e. The Kier molecular flexibility index (Phi) is 4.10. The number of benzene rings is 1. The molecule has 4 aromatic rings. The summed E-state index contributed by atoms with van der Waals surface area (Å²) >= 11 is 0. The zero-order valence-corrected chi connectivity index (χ0v) is 16.0. The smallest absolute Gasteiger partial charge is 0.264 e. The monoisotopic (exact) mass is 399 g/mol. The first-order valence-corrected chi connectivity index (χ1v) is 9.30. The van der Waals surface area contributed by atoms with Crippen molar-refractivity contribution in [2.75, 3.05) is 10.6 Å². The van der Waals surface area contributed by atoms with Crippen molar-refractivity contribution in [1.29, 1.82) is 0 Å². The lowest BCUT2D eigenvalue weighted by molar-refractivity contribution is -0.110. The Morgan fingerprint density at radius 2 is 1.97 bits per heavy atom. The van der Waals surface area contributed by atoms with Crippen molar-refractivity contribution >= 4 is 23.0 Å². The lowest BCUT2D eigenvalue weighted by atomic mass is 10.1. The van der Waals surface area contributed by atoms with Crippen LogP contribution in [-0.4, -0.2) is 20.7 Å². The number of carbonyl (C=O) groups excluding carboxylic acids is 1. The molecule has 0 aliphatic carbocycles. The van der Waals surface area contributed by atoms with Crippen molar-refractivity contribution in [3.63, 3.8) is 0 Å².